The summed E-state index contributed by atoms with van der Waals surface area (Å²) >= 11 is 0. The molecule has 1 aromatic rings. The van der Waals surface area contributed by atoms with E-state index < -0.39 is 10.0 Å². The van der Waals surface area contributed by atoms with Crippen LogP contribution in [0.25, 0.3) is 0 Å². The highest BCUT2D eigenvalue weighted by atomic mass is 32.2. The second-order valence-corrected chi connectivity index (χ2v) is 7.41. The van der Waals surface area contributed by atoms with E-state index in [1.165, 1.54) is 4.31 Å². The van der Waals surface area contributed by atoms with Crippen molar-refractivity contribution >= 4 is 15.7 Å². The van der Waals surface area contributed by atoms with Crippen LogP contribution < -0.4 is 5.73 Å². The molecule has 112 valence electrons. The summed E-state index contributed by atoms with van der Waals surface area (Å²) in [5.41, 5.74) is 7.00. The Labute approximate surface area is 120 Å². The molecule has 0 amide bonds. The fraction of sp³-hybridized carbons (Fsp3) is 0.571. The highest BCUT2D eigenvalue weighted by Gasteiger charge is 2.23. The van der Waals surface area contributed by atoms with E-state index in [0.717, 1.165) is 31.6 Å². The molecule has 1 aliphatic heterocycles. The van der Waals surface area contributed by atoms with Crippen LogP contribution in [0.1, 0.15) is 18.4 Å². The van der Waals surface area contributed by atoms with Gasteiger partial charge in [-0.1, -0.05) is 12.1 Å². The first kappa shape index (κ1) is 15.3. The molecule has 6 heteroatoms. The van der Waals surface area contributed by atoms with Crippen molar-refractivity contribution in [1.29, 1.82) is 0 Å². The Bertz CT molecular complexity index is 522. The van der Waals surface area contributed by atoms with Crippen LogP contribution in [-0.4, -0.2) is 39.5 Å². The minimum Gasteiger partial charge on any atom is -0.399 e. The van der Waals surface area contributed by atoms with Gasteiger partial charge in [0, 0.05) is 32.5 Å². The third kappa shape index (κ3) is 4.19. The molecular weight excluding hydrogens is 276 g/mol. The second kappa shape index (κ2) is 6.56. The molecule has 1 aliphatic rings. The van der Waals surface area contributed by atoms with Crippen LogP contribution in [0.5, 0.6) is 0 Å². The van der Waals surface area contributed by atoms with Gasteiger partial charge in [0.05, 0.1) is 5.75 Å². The molecule has 2 rings (SSSR count). The Morgan fingerprint density at radius 3 is 2.45 bits per heavy atom. The Balaban J connectivity index is 1.96. The lowest BCUT2D eigenvalue weighted by atomic mass is 10.0. The van der Waals surface area contributed by atoms with E-state index in [9.17, 15) is 8.42 Å². The van der Waals surface area contributed by atoms with Crippen LogP contribution in [0.4, 0.5) is 5.69 Å². The van der Waals surface area contributed by atoms with Crippen molar-refractivity contribution in [2.24, 2.45) is 5.92 Å². The molecule has 1 aromatic carbocycles. The molecule has 0 bridgehead atoms. The Morgan fingerprint density at radius 2 is 1.85 bits per heavy atom. The Kier molecular flexibility index (Phi) is 5.01. The molecule has 1 heterocycles. The Morgan fingerprint density at radius 1 is 1.25 bits per heavy atom. The van der Waals surface area contributed by atoms with Gasteiger partial charge >= 0.3 is 0 Å². The van der Waals surface area contributed by atoms with Crippen molar-refractivity contribution in [3.8, 4) is 0 Å². The van der Waals surface area contributed by atoms with Gasteiger partial charge in [-0.25, -0.2) is 12.7 Å². The number of anilines is 1. The van der Waals surface area contributed by atoms with Gasteiger partial charge in [-0.2, -0.15) is 0 Å². The molecule has 1 saturated heterocycles. The van der Waals surface area contributed by atoms with E-state index in [0.29, 0.717) is 18.2 Å². The molecule has 20 heavy (non-hydrogen) atoms. The highest BCUT2D eigenvalue weighted by molar-refractivity contribution is 7.88. The zero-order chi connectivity index (χ0) is 14.6. The maximum Gasteiger partial charge on any atom is 0.218 e. The van der Waals surface area contributed by atoms with Crippen LogP contribution in [-0.2, 0) is 20.5 Å². The number of benzene rings is 1. The standard InChI is InChI=1S/C14H22N2O3S/c1-16(10-12-6-8-19-9-7-12)20(17,18)11-13-2-4-14(15)5-3-13/h2-5,12H,6-11,15H2,1H3. The molecule has 0 aromatic heterocycles. The summed E-state index contributed by atoms with van der Waals surface area (Å²) in [4.78, 5) is 0. The van der Waals surface area contributed by atoms with Gasteiger partial charge < -0.3 is 10.5 Å². The van der Waals surface area contributed by atoms with Gasteiger partial charge in [0.15, 0.2) is 0 Å². The largest absolute Gasteiger partial charge is 0.399 e. The first-order valence-corrected chi connectivity index (χ1v) is 8.44. The average molecular weight is 298 g/mol. The summed E-state index contributed by atoms with van der Waals surface area (Å²) in [6.07, 6.45) is 1.86. The smallest absolute Gasteiger partial charge is 0.218 e. The van der Waals surface area contributed by atoms with Crippen LogP contribution in [0.15, 0.2) is 24.3 Å². The van der Waals surface area contributed by atoms with Crippen LogP contribution in [0.3, 0.4) is 0 Å². The highest BCUT2D eigenvalue weighted by Crippen LogP contribution is 2.18. The molecule has 0 spiro atoms. The SMILES string of the molecule is CN(CC1CCOCC1)S(=O)(=O)Cc1ccc(N)cc1. The summed E-state index contributed by atoms with van der Waals surface area (Å²) < 4.78 is 31.4. The zero-order valence-corrected chi connectivity index (χ0v) is 12.6. The van der Waals surface area contributed by atoms with E-state index in [2.05, 4.69) is 0 Å². The fourth-order valence-corrected chi connectivity index (χ4v) is 3.61. The zero-order valence-electron chi connectivity index (χ0n) is 11.8. The van der Waals surface area contributed by atoms with Crippen LogP contribution in [0.2, 0.25) is 0 Å². The van der Waals surface area contributed by atoms with Gasteiger partial charge in [-0.3, -0.25) is 0 Å². The number of nitrogens with two attached hydrogens (primary N) is 1. The van der Waals surface area contributed by atoms with Gasteiger partial charge in [0.1, 0.15) is 0 Å². The molecule has 0 aliphatic carbocycles. The fourth-order valence-electron chi connectivity index (χ4n) is 2.34. The van der Waals surface area contributed by atoms with Gasteiger partial charge in [0.2, 0.25) is 10.0 Å². The number of ether oxygens (including phenoxy) is 1. The topological polar surface area (TPSA) is 72.6 Å². The van der Waals surface area contributed by atoms with Crippen molar-refractivity contribution in [2.45, 2.75) is 18.6 Å². The number of nitrogen functional groups attached to an aromatic ring is 1. The van der Waals surface area contributed by atoms with Crippen LogP contribution >= 0.6 is 0 Å². The van der Waals surface area contributed by atoms with Crippen molar-refractivity contribution in [2.75, 3.05) is 32.5 Å². The molecule has 0 unspecified atom stereocenters. The third-order valence-corrected chi connectivity index (χ3v) is 5.46. The summed E-state index contributed by atoms with van der Waals surface area (Å²) in [5.74, 6) is 0.419. The van der Waals surface area contributed by atoms with Crippen molar-refractivity contribution < 1.29 is 13.2 Å². The lowest BCUT2D eigenvalue weighted by Crippen LogP contribution is -2.34. The molecule has 1 fully saturated rings. The molecule has 0 atom stereocenters. The lowest BCUT2D eigenvalue weighted by Gasteiger charge is -2.26. The Hall–Kier alpha value is -1.11. The maximum atomic E-state index is 12.3. The monoisotopic (exact) mass is 298 g/mol. The predicted molar refractivity (Wildman–Crippen MR) is 79.7 cm³/mol. The summed E-state index contributed by atoms with van der Waals surface area (Å²) in [7, 11) is -1.62. The van der Waals surface area contributed by atoms with E-state index >= 15 is 0 Å². The number of nitrogens with zero attached hydrogens (tertiary/aromatic N) is 1. The lowest BCUT2D eigenvalue weighted by molar-refractivity contribution is 0.0620. The van der Waals surface area contributed by atoms with E-state index in [4.69, 9.17) is 10.5 Å². The third-order valence-electron chi connectivity index (χ3n) is 3.66. The van der Waals surface area contributed by atoms with Crippen molar-refractivity contribution in [3.05, 3.63) is 29.8 Å². The van der Waals surface area contributed by atoms with E-state index in [-0.39, 0.29) is 5.75 Å². The summed E-state index contributed by atoms with van der Waals surface area (Å²) in [6, 6.07) is 6.97. The normalized spacial score (nSPS) is 17.5. The second-order valence-electron chi connectivity index (χ2n) is 5.33. The molecular formula is C14H22N2O3S. The van der Waals surface area contributed by atoms with Crippen molar-refractivity contribution in [1.82, 2.24) is 4.31 Å². The summed E-state index contributed by atoms with van der Waals surface area (Å²) in [6.45, 7) is 2.04. The van der Waals surface area contributed by atoms with Crippen LogP contribution in [0, 0.1) is 5.92 Å². The number of hydrogen-bond acceptors (Lipinski definition) is 4. The molecule has 0 radical (unpaired) electrons. The van der Waals surface area contributed by atoms with E-state index in [1.807, 2.05) is 0 Å². The average Bonchev–Trinajstić information content (AvgIpc) is 2.42. The maximum absolute atomic E-state index is 12.3. The number of hydrogen-bond donors (Lipinski definition) is 1. The molecule has 0 saturated carbocycles. The van der Waals surface area contributed by atoms with Gasteiger partial charge in [0.25, 0.3) is 0 Å². The van der Waals surface area contributed by atoms with Gasteiger partial charge in [-0.15, -0.1) is 0 Å². The first-order valence-electron chi connectivity index (χ1n) is 6.83. The number of rotatable bonds is 5. The number of sulfonamides is 1. The minimum atomic E-state index is -3.27. The first-order chi connectivity index (χ1) is 9.47. The predicted octanol–water partition coefficient (Wildman–Crippen LogP) is 1.46. The quantitative estimate of drug-likeness (QED) is 0.835. The van der Waals surface area contributed by atoms with E-state index in [1.54, 1.807) is 31.3 Å². The minimum absolute atomic E-state index is 0.0208. The molecule has 5 nitrogen and oxygen atoms in total. The van der Waals surface area contributed by atoms with Gasteiger partial charge in [-0.05, 0) is 36.5 Å². The summed E-state index contributed by atoms with van der Waals surface area (Å²) in [5, 5.41) is 0. The molecule has 2 N–H and O–H groups in total. The van der Waals surface area contributed by atoms with Crippen molar-refractivity contribution in [3.63, 3.8) is 0 Å².